The van der Waals surface area contributed by atoms with E-state index in [4.69, 9.17) is 0 Å². The Morgan fingerprint density at radius 2 is 1.87 bits per heavy atom. The summed E-state index contributed by atoms with van der Waals surface area (Å²) in [5, 5.41) is 5.24. The summed E-state index contributed by atoms with van der Waals surface area (Å²) in [6.07, 6.45) is 0.387. The number of benzene rings is 1. The molecule has 2 aliphatic heterocycles. The molecule has 0 radical (unpaired) electrons. The van der Waals surface area contributed by atoms with Crippen LogP contribution in [0, 0.1) is 5.92 Å². The molecule has 3 aromatic heterocycles. The van der Waals surface area contributed by atoms with Crippen LogP contribution in [0.5, 0.6) is 0 Å². The number of para-hydroxylation sites is 1. The maximum atomic E-state index is 13.1. The number of likely N-dealkylation sites (tertiary alicyclic amines) is 1. The van der Waals surface area contributed by atoms with Crippen molar-refractivity contribution in [3.05, 3.63) is 59.2 Å². The first-order chi connectivity index (χ1) is 18.2. The number of alkyl halides is 3. The molecular weight excluding hydrogens is 517 g/mol. The van der Waals surface area contributed by atoms with Gasteiger partial charge in [0.05, 0.1) is 28.0 Å². The molecule has 1 saturated heterocycles. The van der Waals surface area contributed by atoms with Crippen LogP contribution in [0.1, 0.15) is 24.0 Å². The van der Waals surface area contributed by atoms with Crippen molar-refractivity contribution in [1.29, 1.82) is 0 Å². The highest BCUT2D eigenvalue weighted by Crippen LogP contribution is 2.40. The largest absolute Gasteiger partial charge is 0.522 e. The number of amides is 2. The Hall–Kier alpha value is -3.41. The number of halogens is 3. The van der Waals surface area contributed by atoms with E-state index in [0.717, 1.165) is 27.5 Å². The van der Waals surface area contributed by atoms with Crippen LogP contribution in [0.15, 0.2) is 48.1 Å². The molecule has 0 spiro atoms. The second-order valence-corrected chi connectivity index (χ2v) is 10.8. The Kier molecular flexibility index (Phi) is 6.16. The number of hydrogen-bond donors (Lipinski definition) is 2. The average molecular weight is 543 g/mol. The van der Waals surface area contributed by atoms with Gasteiger partial charge in [-0.2, -0.15) is 0 Å². The fourth-order valence-electron chi connectivity index (χ4n) is 5.68. The number of likely N-dealkylation sites (N-methyl/N-ethyl adjacent to an activating group) is 1. The number of piperidine rings is 1. The third-order valence-corrected chi connectivity index (χ3v) is 8.50. The van der Waals surface area contributed by atoms with Gasteiger partial charge in [0.15, 0.2) is 0 Å². The first kappa shape index (κ1) is 24.9. The van der Waals surface area contributed by atoms with E-state index in [1.54, 1.807) is 6.20 Å². The molecule has 5 heterocycles. The van der Waals surface area contributed by atoms with Crippen molar-refractivity contribution in [2.24, 2.45) is 5.92 Å². The number of aromatic amines is 1. The summed E-state index contributed by atoms with van der Waals surface area (Å²) in [6.45, 7) is 0.841. The fourth-order valence-corrected chi connectivity index (χ4v) is 6.56. The predicted octanol–water partition coefficient (Wildman–Crippen LogP) is 5.00. The van der Waals surface area contributed by atoms with Gasteiger partial charge in [0.1, 0.15) is 0 Å². The van der Waals surface area contributed by atoms with Crippen molar-refractivity contribution in [3.8, 4) is 0 Å². The van der Waals surface area contributed by atoms with Crippen LogP contribution in [-0.4, -0.2) is 58.9 Å². The first-order valence-corrected chi connectivity index (χ1v) is 13.2. The molecule has 2 aliphatic rings. The van der Waals surface area contributed by atoms with Gasteiger partial charge in [0, 0.05) is 47.0 Å². The number of hydrogen-bond acceptors (Lipinski definition) is 5. The van der Waals surface area contributed by atoms with Gasteiger partial charge in [-0.05, 0) is 49.9 Å². The van der Waals surface area contributed by atoms with Crippen molar-refractivity contribution in [2.45, 2.75) is 31.8 Å². The van der Waals surface area contributed by atoms with E-state index in [1.165, 1.54) is 11.3 Å². The first-order valence-electron chi connectivity index (χ1n) is 12.3. The van der Waals surface area contributed by atoms with E-state index in [0.29, 0.717) is 41.8 Å². The number of aromatic nitrogens is 2. The highest BCUT2D eigenvalue weighted by atomic mass is 32.1. The maximum absolute atomic E-state index is 13.1. The predicted molar refractivity (Wildman–Crippen MR) is 139 cm³/mol. The molecule has 11 heteroatoms. The van der Waals surface area contributed by atoms with Crippen molar-refractivity contribution in [2.75, 3.05) is 20.2 Å². The zero-order valence-corrected chi connectivity index (χ0v) is 21.3. The van der Waals surface area contributed by atoms with Gasteiger partial charge in [-0.3, -0.25) is 19.6 Å². The van der Waals surface area contributed by atoms with E-state index in [1.807, 2.05) is 53.9 Å². The number of carbonyl (C=O) groups excluding carboxylic acids is 2. The SMILES string of the molecule is CN1CCC(Cn2cc(C3=C(c4c[nH]c5ccsc45)C(=O)NC3=O)c3ccccc32)CC1COC(F)(F)F. The van der Waals surface area contributed by atoms with E-state index in [-0.39, 0.29) is 12.0 Å². The molecule has 0 bridgehead atoms. The Balaban J connectivity index is 1.37. The minimum absolute atomic E-state index is 0.125. The third-order valence-electron chi connectivity index (χ3n) is 7.55. The molecule has 4 aromatic rings. The van der Waals surface area contributed by atoms with E-state index < -0.39 is 24.8 Å². The number of carbonyl (C=O) groups is 2. The molecule has 6 rings (SSSR count). The lowest BCUT2D eigenvalue weighted by molar-refractivity contribution is -0.329. The fraction of sp³-hybridized carbons (Fsp3) is 0.333. The van der Waals surface area contributed by atoms with Gasteiger partial charge in [0.2, 0.25) is 0 Å². The number of imide groups is 1. The summed E-state index contributed by atoms with van der Waals surface area (Å²) in [4.78, 5) is 31.2. The topological polar surface area (TPSA) is 79.4 Å². The highest BCUT2D eigenvalue weighted by Gasteiger charge is 2.36. The quantitative estimate of drug-likeness (QED) is 0.336. The molecule has 2 amide bonds. The number of fused-ring (bicyclic) bond motifs is 2. The number of thiophene rings is 1. The lowest BCUT2D eigenvalue weighted by atomic mass is 9.91. The van der Waals surface area contributed by atoms with E-state index >= 15 is 0 Å². The van der Waals surface area contributed by atoms with Crippen LogP contribution in [0.25, 0.3) is 32.3 Å². The second-order valence-electron chi connectivity index (χ2n) is 9.89. The van der Waals surface area contributed by atoms with Crippen LogP contribution < -0.4 is 5.32 Å². The minimum Gasteiger partial charge on any atom is -0.360 e. The van der Waals surface area contributed by atoms with Gasteiger partial charge >= 0.3 is 6.36 Å². The number of rotatable bonds is 6. The lowest BCUT2D eigenvalue weighted by Crippen LogP contribution is -2.44. The number of nitrogens with zero attached hydrogens (tertiary/aromatic N) is 2. The number of nitrogens with one attached hydrogen (secondary N) is 2. The van der Waals surface area contributed by atoms with E-state index in [2.05, 4.69) is 19.6 Å². The Bertz CT molecular complexity index is 1580. The molecule has 0 aliphatic carbocycles. The van der Waals surface area contributed by atoms with Crippen molar-refractivity contribution in [3.63, 3.8) is 0 Å². The highest BCUT2D eigenvalue weighted by molar-refractivity contribution is 7.17. The van der Waals surface area contributed by atoms with Gasteiger partial charge < -0.3 is 14.5 Å². The normalized spacial score (nSPS) is 21.3. The molecule has 2 atom stereocenters. The Morgan fingerprint density at radius 3 is 2.66 bits per heavy atom. The zero-order valence-electron chi connectivity index (χ0n) is 20.5. The molecule has 38 heavy (non-hydrogen) atoms. The molecular formula is C27H25F3N4O3S. The van der Waals surface area contributed by atoms with Crippen LogP contribution >= 0.6 is 11.3 Å². The smallest absolute Gasteiger partial charge is 0.360 e. The maximum Gasteiger partial charge on any atom is 0.522 e. The van der Waals surface area contributed by atoms with Crippen molar-refractivity contribution < 1.29 is 27.5 Å². The molecule has 7 nitrogen and oxygen atoms in total. The number of ether oxygens (including phenoxy) is 1. The second kappa shape index (κ2) is 9.40. The molecule has 2 unspecified atom stereocenters. The minimum atomic E-state index is -4.65. The van der Waals surface area contributed by atoms with Gasteiger partial charge in [-0.1, -0.05) is 18.2 Å². The average Bonchev–Trinajstić information content (AvgIpc) is 3.62. The van der Waals surface area contributed by atoms with Gasteiger partial charge in [0.25, 0.3) is 11.8 Å². The summed E-state index contributed by atoms with van der Waals surface area (Å²) < 4.78 is 45.1. The summed E-state index contributed by atoms with van der Waals surface area (Å²) >= 11 is 1.50. The third kappa shape index (κ3) is 4.44. The van der Waals surface area contributed by atoms with Gasteiger partial charge in [-0.25, -0.2) is 0 Å². The van der Waals surface area contributed by atoms with Crippen LogP contribution in [0.3, 0.4) is 0 Å². The van der Waals surface area contributed by atoms with Crippen LogP contribution in [-0.2, 0) is 20.9 Å². The number of H-pyrrole nitrogens is 1. The molecule has 1 aromatic carbocycles. The zero-order chi connectivity index (χ0) is 26.6. The van der Waals surface area contributed by atoms with Crippen LogP contribution in [0.4, 0.5) is 13.2 Å². The molecule has 198 valence electrons. The van der Waals surface area contributed by atoms with Crippen LogP contribution in [0.2, 0.25) is 0 Å². The van der Waals surface area contributed by atoms with Crippen molar-refractivity contribution in [1.82, 2.24) is 19.8 Å². The summed E-state index contributed by atoms with van der Waals surface area (Å²) in [5.74, 6) is -0.749. The monoisotopic (exact) mass is 542 g/mol. The standard InChI is InChI=1S/C27H25F3N4O3S/c1-33-8-6-15(10-16(33)14-37-27(28,29)30)12-34-13-19(17-4-2-3-5-21(17)34)23-22(25(35)32-26(23)36)18-11-31-20-7-9-38-24(18)20/h2-5,7,9,11,13,15-16,31H,6,8,10,12,14H2,1H3,(H,32,35,36). The molecule has 1 fully saturated rings. The Morgan fingerprint density at radius 1 is 1.11 bits per heavy atom. The summed E-state index contributed by atoms with van der Waals surface area (Å²) in [5.41, 5.74) is 3.83. The molecule has 0 saturated carbocycles. The summed E-state index contributed by atoms with van der Waals surface area (Å²) in [6, 6.07) is 9.27. The van der Waals surface area contributed by atoms with Gasteiger partial charge in [-0.15, -0.1) is 24.5 Å². The summed E-state index contributed by atoms with van der Waals surface area (Å²) in [7, 11) is 1.82. The van der Waals surface area contributed by atoms with E-state index in [9.17, 15) is 22.8 Å². The lowest BCUT2D eigenvalue weighted by Gasteiger charge is -2.37. The Labute approximate surface area is 219 Å². The van der Waals surface area contributed by atoms with Crippen molar-refractivity contribution >= 4 is 55.4 Å². The molecule has 2 N–H and O–H groups in total.